The predicted octanol–water partition coefficient (Wildman–Crippen LogP) is 4.71. The molecule has 0 N–H and O–H groups in total. The lowest BCUT2D eigenvalue weighted by atomic mass is 10.1. The van der Waals surface area contributed by atoms with E-state index in [-0.39, 0.29) is 15.5 Å². The average molecular weight is 486 g/mol. The zero-order valence-corrected chi connectivity index (χ0v) is 18.3. The Hall–Kier alpha value is -3.05. The molecule has 0 aliphatic rings. The van der Waals surface area contributed by atoms with E-state index < -0.39 is 40.9 Å². The molecule has 0 unspecified atom stereocenters. The summed E-state index contributed by atoms with van der Waals surface area (Å²) in [6.07, 6.45) is -4.55. The molecule has 32 heavy (non-hydrogen) atoms. The number of anilines is 1. The molecule has 0 aliphatic carbocycles. The van der Waals surface area contributed by atoms with Crippen LogP contribution in [-0.4, -0.2) is 28.0 Å². The third-order valence-electron chi connectivity index (χ3n) is 4.38. The number of halogens is 3. The van der Waals surface area contributed by atoms with Gasteiger partial charge in [-0.1, -0.05) is 24.3 Å². The minimum Gasteiger partial charge on any atom is -0.482 e. The molecule has 0 fully saturated rings. The van der Waals surface area contributed by atoms with Crippen LogP contribution in [0.25, 0.3) is 0 Å². The van der Waals surface area contributed by atoms with Gasteiger partial charge in [0, 0.05) is 12.6 Å². The molecule has 0 spiro atoms. The van der Waals surface area contributed by atoms with Crippen LogP contribution in [0.1, 0.15) is 11.1 Å². The first-order chi connectivity index (χ1) is 15.1. The Balaban J connectivity index is 1.55. The van der Waals surface area contributed by atoms with E-state index in [1.54, 1.807) is 11.4 Å². The van der Waals surface area contributed by atoms with Gasteiger partial charge in [-0.3, -0.25) is 4.31 Å². The number of rotatable bonds is 8. The van der Waals surface area contributed by atoms with Gasteiger partial charge in [0.15, 0.2) is 6.61 Å². The molecule has 6 nitrogen and oxygen atoms in total. The van der Waals surface area contributed by atoms with Gasteiger partial charge in [-0.25, -0.2) is 13.2 Å². The molecule has 2 aromatic carbocycles. The van der Waals surface area contributed by atoms with Crippen LogP contribution < -0.4 is 9.04 Å². The van der Waals surface area contributed by atoms with E-state index in [1.807, 2.05) is 0 Å². The van der Waals surface area contributed by atoms with Crippen molar-refractivity contribution in [3.63, 3.8) is 0 Å². The van der Waals surface area contributed by atoms with Crippen molar-refractivity contribution in [2.75, 3.05) is 18.0 Å². The van der Waals surface area contributed by atoms with E-state index in [1.165, 1.54) is 55.6 Å². The number of alkyl halides is 3. The van der Waals surface area contributed by atoms with Crippen molar-refractivity contribution >= 4 is 33.0 Å². The lowest BCUT2D eigenvalue weighted by Gasteiger charge is -2.18. The van der Waals surface area contributed by atoms with Gasteiger partial charge in [-0.15, -0.1) is 11.3 Å². The fourth-order valence-corrected chi connectivity index (χ4v) is 5.06. The van der Waals surface area contributed by atoms with Gasteiger partial charge in [0.05, 0.1) is 11.3 Å². The van der Waals surface area contributed by atoms with E-state index in [0.717, 1.165) is 21.7 Å². The highest BCUT2D eigenvalue weighted by Crippen LogP contribution is 2.32. The summed E-state index contributed by atoms with van der Waals surface area (Å²) >= 11 is 1.10. The topological polar surface area (TPSA) is 72.9 Å². The highest BCUT2D eigenvalue weighted by atomic mass is 32.2. The standard InChI is InChI=1S/C21H18F3NO5S2/c1-25(32(27,28)20-7-4-12-31-20)16-8-10-17(11-9-16)29-14-19(26)30-13-15-5-2-3-6-18(15)21(22,23)24/h2-12H,13-14H2,1H3. The first-order valence-electron chi connectivity index (χ1n) is 9.15. The summed E-state index contributed by atoms with van der Waals surface area (Å²) in [6.45, 7) is -1.06. The highest BCUT2D eigenvalue weighted by molar-refractivity contribution is 7.94. The van der Waals surface area contributed by atoms with Gasteiger partial charge in [0.25, 0.3) is 10.0 Å². The molecule has 0 saturated heterocycles. The van der Waals surface area contributed by atoms with Crippen LogP contribution in [0.2, 0.25) is 0 Å². The molecule has 170 valence electrons. The van der Waals surface area contributed by atoms with Crippen molar-refractivity contribution in [1.29, 1.82) is 0 Å². The van der Waals surface area contributed by atoms with Crippen molar-refractivity contribution in [2.45, 2.75) is 17.0 Å². The van der Waals surface area contributed by atoms with E-state index in [0.29, 0.717) is 5.69 Å². The molecular formula is C21H18F3NO5S2. The van der Waals surface area contributed by atoms with Crippen molar-refractivity contribution < 1.29 is 35.9 Å². The Kier molecular flexibility index (Phi) is 7.09. The Labute approximate surface area is 186 Å². The van der Waals surface area contributed by atoms with E-state index >= 15 is 0 Å². The van der Waals surface area contributed by atoms with Crippen LogP contribution in [-0.2, 0) is 32.3 Å². The van der Waals surface area contributed by atoms with Gasteiger partial charge in [0.1, 0.15) is 16.6 Å². The summed E-state index contributed by atoms with van der Waals surface area (Å²) in [6, 6.07) is 13.9. The lowest BCUT2D eigenvalue weighted by Crippen LogP contribution is -2.25. The average Bonchev–Trinajstić information content (AvgIpc) is 3.31. The van der Waals surface area contributed by atoms with E-state index in [4.69, 9.17) is 9.47 Å². The van der Waals surface area contributed by atoms with Gasteiger partial charge in [-0.05, 0) is 41.8 Å². The largest absolute Gasteiger partial charge is 0.482 e. The van der Waals surface area contributed by atoms with Crippen LogP contribution in [0.5, 0.6) is 5.75 Å². The molecule has 0 aliphatic heterocycles. The van der Waals surface area contributed by atoms with Gasteiger partial charge < -0.3 is 9.47 Å². The zero-order valence-electron chi connectivity index (χ0n) is 16.7. The smallest absolute Gasteiger partial charge is 0.416 e. The van der Waals surface area contributed by atoms with Crippen molar-refractivity contribution in [3.8, 4) is 5.75 Å². The number of ether oxygens (including phenoxy) is 2. The van der Waals surface area contributed by atoms with Crippen molar-refractivity contribution in [1.82, 2.24) is 0 Å². The number of thiophene rings is 1. The van der Waals surface area contributed by atoms with Crippen LogP contribution in [0.4, 0.5) is 18.9 Å². The van der Waals surface area contributed by atoms with Crippen LogP contribution in [0.15, 0.2) is 70.3 Å². The molecule has 3 aromatic rings. The fraction of sp³-hybridized carbons (Fsp3) is 0.190. The van der Waals surface area contributed by atoms with Crippen LogP contribution >= 0.6 is 11.3 Å². The molecule has 0 saturated carbocycles. The number of nitrogens with zero attached hydrogens (tertiary/aromatic N) is 1. The van der Waals surface area contributed by atoms with Gasteiger partial charge in [0.2, 0.25) is 0 Å². The van der Waals surface area contributed by atoms with Crippen LogP contribution in [0.3, 0.4) is 0 Å². The molecule has 11 heteroatoms. The number of carbonyl (C=O) groups is 1. The van der Waals surface area contributed by atoms with Gasteiger partial charge >= 0.3 is 12.1 Å². The number of hydrogen-bond acceptors (Lipinski definition) is 6. The fourth-order valence-electron chi connectivity index (χ4n) is 2.70. The SMILES string of the molecule is CN(c1ccc(OCC(=O)OCc2ccccc2C(F)(F)F)cc1)S(=O)(=O)c1cccs1. The third kappa shape index (κ3) is 5.60. The zero-order chi connectivity index (χ0) is 23.4. The Bertz CT molecular complexity index is 1160. The predicted molar refractivity (Wildman–Crippen MR) is 113 cm³/mol. The third-order valence-corrected chi connectivity index (χ3v) is 7.54. The molecule has 0 atom stereocenters. The number of benzene rings is 2. The second kappa shape index (κ2) is 9.61. The van der Waals surface area contributed by atoms with E-state index in [2.05, 4.69) is 0 Å². The quantitative estimate of drug-likeness (QED) is 0.432. The molecule has 1 heterocycles. The molecule has 3 rings (SSSR count). The summed E-state index contributed by atoms with van der Waals surface area (Å²) in [5.74, 6) is -0.577. The molecule has 0 amide bonds. The molecular weight excluding hydrogens is 467 g/mol. The number of sulfonamides is 1. The normalized spacial score (nSPS) is 11.8. The van der Waals surface area contributed by atoms with Gasteiger partial charge in [-0.2, -0.15) is 13.2 Å². The van der Waals surface area contributed by atoms with Crippen LogP contribution in [0, 0.1) is 0 Å². The lowest BCUT2D eigenvalue weighted by molar-refractivity contribution is -0.149. The summed E-state index contributed by atoms with van der Waals surface area (Å²) in [7, 11) is -2.26. The first-order valence-corrected chi connectivity index (χ1v) is 11.5. The minimum atomic E-state index is -4.55. The molecule has 0 bridgehead atoms. The van der Waals surface area contributed by atoms with E-state index in [9.17, 15) is 26.4 Å². The highest BCUT2D eigenvalue weighted by Gasteiger charge is 2.33. The summed E-state index contributed by atoms with van der Waals surface area (Å²) in [4.78, 5) is 11.9. The maximum absolute atomic E-state index is 13.0. The maximum Gasteiger partial charge on any atom is 0.416 e. The number of carbonyl (C=O) groups excluding carboxylic acids is 1. The number of hydrogen-bond donors (Lipinski definition) is 0. The second-order valence-corrected chi connectivity index (χ2v) is 9.65. The summed E-state index contributed by atoms with van der Waals surface area (Å²) in [5, 5.41) is 1.67. The Morgan fingerprint density at radius 3 is 2.34 bits per heavy atom. The first kappa shape index (κ1) is 23.6. The summed E-state index contributed by atoms with van der Waals surface area (Å²) in [5.41, 5.74) is -0.643. The molecule has 1 aromatic heterocycles. The Morgan fingerprint density at radius 2 is 1.72 bits per heavy atom. The monoisotopic (exact) mass is 485 g/mol. The molecule has 0 radical (unpaired) electrons. The Morgan fingerprint density at radius 1 is 1.03 bits per heavy atom. The van der Waals surface area contributed by atoms with Crippen molar-refractivity contribution in [2.24, 2.45) is 0 Å². The maximum atomic E-state index is 13.0. The number of esters is 1. The van der Waals surface area contributed by atoms with Crippen molar-refractivity contribution in [3.05, 3.63) is 77.2 Å². The summed E-state index contributed by atoms with van der Waals surface area (Å²) < 4.78 is 75.5. The minimum absolute atomic E-state index is 0.160. The second-order valence-electron chi connectivity index (χ2n) is 6.50.